The van der Waals surface area contributed by atoms with E-state index >= 15 is 0 Å². The number of amides is 3. The number of methoxy groups -OCH3 is 1. The first-order chi connectivity index (χ1) is 22.4. The van der Waals surface area contributed by atoms with Crippen LogP contribution in [0.3, 0.4) is 0 Å². The van der Waals surface area contributed by atoms with Crippen molar-refractivity contribution < 1.29 is 40.7 Å². The number of benzene rings is 3. The quantitative estimate of drug-likeness (QED) is 0.344. The minimum absolute atomic E-state index is 0.00493. The van der Waals surface area contributed by atoms with Crippen LogP contribution in [0.1, 0.15) is 25.0 Å². The van der Waals surface area contributed by atoms with E-state index in [1.165, 1.54) is 46.2 Å². The number of sulfone groups is 1. The maximum Gasteiger partial charge on any atom is 0.471 e. The fourth-order valence-electron chi connectivity index (χ4n) is 5.82. The molecule has 256 valence electrons. The highest BCUT2D eigenvalue weighted by Crippen LogP contribution is 2.41. The summed E-state index contributed by atoms with van der Waals surface area (Å²) >= 11 is 3.52. The predicted molar refractivity (Wildman–Crippen MR) is 177 cm³/mol. The number of ether oxygens (including phenoxy) is 1. The van der Waals surface area contributed by atoms with Crippen molar-refractivity contribution in [1.82, 2.24) is 10.2 Å². The number of nitriles is 1. The predicted octanol–water partition coefficient (Wildman–Crippen LogP) is 4.16. The van der Waals surface area contributed by atoms with Gasteiger partial charge in [0.15, 0.2) is 9.84 Å². The van der Waals surface area contributed by atoms with Crippen molar-refractivity contribution in [2.24, 2.45) is 0 Å². The highest BCUT2D eigenvalue weighted by molar-refractivity contribution is 9.10. The maximum atomic E-state index is 14.8. The second kappa shape index (κ2) is 14.1. The van der Waals surface area contributed by atoms with Crippen LogP contribution in [-0.2, 0) is 30.8 Å². The Kier molecular flexibility index (Phi) is 10.8. The Bertz CT molecular complexity index is 1920. The van der Waals surface area contributed by atoms with Crippen LogP contribution in [0.4, 0.5) is 24.5 Å². The first-order valence-electron chi connectivity index (χ1n) is 14.6. The highest BCUT2D eigenvalue weighted by atomic mass is 79.9. The zero-order valence-corrected chi connectivity index (χ0v) is 29.0. The van der Waals surface area contributed by atoms with E-state index in [2.05, 4.69) is 21.2 Å². The summed E-state index contributed by atoms with van der Waals surface area (Å²) in [7, 11) is -1.10. The van der Waals surface area contributed by atoms with E-state index < -0.39 is 64.2 Å². The van der Waals surface area contributed by atoms with Crippen LogP contribution < -0.4 is 19.9 Å². The molecule has 0 fully saturated rings. The van der Waals surface area contributed by atoms with Crippen LogP contribution in [0.15, 0.2) is 53.0 Å². The summed E-state index contributed by atoms with van der Waals surface area (Å²) in [5.74, 6) is -5.07. The first-order valence-corrected chi connectivity index (χ1v) is 17.4. The fraction of sp³-hybridized carbons (Fsp3) is 0.375. The van der Waals surface area contributed by atoms with Gasteiger partial charge in [0, 0.05) is 28.9 Å². The molecule has 0 unspecified atom stereocenters. The van der Waals surface area contributed by atoms with Gasteiger partial charge in [-0.1, -0.05) is 28.1 Å². The Hall–Kier alpha value is -4.20. The lowest BCUT2D eigenvalue weighted by Crippen LogP contribution is -2.63. The van der Waals surface area contributed by atoms with E-state index in [0.717, 1.165) is 25.9 Å². The van der Waals surface area contributed by atoms with Crippen molar-refractivity contribution in [2.75, 3.05) is 42.5 Å². The van der Waals surface area contributed by atoms with Gasteiger partial charge in [0.2, 0.25) is 5.91 Å². The Labute approximate surface area is 284 Å². The number of anilines is 2. The standard InChI is InChI=1S/C32H33BrF3N5O6S/c1-18(38-3)15-40(31(44)32(34,35)36)29-19(2)41(28(42)17-48(5,45)46)26-13-20(14-37)9-11-25(26)39(30(29)43)16-23-21-7-6-8-24(33)22(21)10-12-27(23)47-4/h6-13,18-19,29,38H,15-17H2,1-5H3/t18-,19-,29-/m0/s1. The summed E-state index contributed by atoms with van der Waals surface area (Å²) in [5.41, 5.74) is 0.403. The van der Waals surface area contributed by atoms with Gasteiger partial charge in [-0.15, -0.1) is 0 Å². The lowest BCUT2D eigenvalue weighted by atomic mass is 10.0. The van der Waals surface area contributed by atoms with Crippen molar-refractivity contribution in [1.29, 1.82) is 5.26 Å². The van der Waals surface area contributed by atoms with E-state index in [-0.39, 0.29) is 23.5 Å². The number of nitrogens with zero attached hydrogens (tertiary/aromatic N) is 4. The highest BCUT2D eigenvalue weighted by Gasteiger charge is 2.52. The van der Waals surface area contributed by atoms with Crippen LogP contribution >= 0.6 is 15.9 Å². The Morgan fingerprint density at radius 1 is 1.15 bits per heavy atom. The summed E-state index contributed by atoms with van der Waals surface area (Å²) in [6.45, 7) is 1.88. The average molecular weight is 753 g/mol. The molecule has 1 aliphatic heterocycles. The summed E-state index contributed by atoms with van der Waals surface area (Å²) in [5, 5.41) is 13.9. The number of hydrogen-bond acceptors (Lipinski definition) is 8. The zero-order valence-electron chi connectivity index (χ0n) is 26.6. The maximum absolute atomic E-state index is 14.8. The lowest BCUT2D eigenvalue weighted by Gasteiger charge is -2.39. The molecule has 0 aliphatic carbocycles. The van der Waals surface area contributed by atoms with Crippen LogP contribution in [0, 0.1) is 11.3 Å². The van der Waals surface area contributed by atoms with Crippen LogP contribution in [0.2, 0.25) is 0 Å². The molecule has 3 amide bonds. The first kappa shape index (κ1) is 36.6. The second-order valence-electron chi connectivity index (χ2n) is 11.5. The third-order valence-corrected chi connectivity index (χ3v) is 9.57. The summed E-state index contributed by atoms with van der Waals surface area (Å²) < 4.78 is 73.6. The number of nitrogens with one attached hydrogen (secondary N) is 1. The molecule has 3 aromatic carbocycles. The molecule has 1 heterocycles. The van der Waals surface area contributed by atoms with Crippen LogP contribution in [0.25, 0.3) is 10.8 Å². The van der Waals surface area contributed by atoms with Gasteiger partial charge in [0.05, 0.1) is 42.7 Å². The van der Waals surface area contributed by atoms with Crippen LogP contribution in [-0.4, -0.2) is 88.1 Å². The molecule has 0 saturated heterocycles. The van der Waals surface area contributed by atoms with Gasteiger partial charge in [0.1, 0.15) is 17.5 Å². The third-order valence-electron chi connectivity index (χ3n) is 8.11. The molecule has 11 nitrogen and oxygen atoms in total. The molecule has 3 atom stereocenters. The molecular formula is C32H33BrF3N5O6S. The topological polar surface area (TPSA) is 140 Å². The molecule has 4 rings (SSSR count). The molecule has 16 heteroatoms. The van der Waals surface area contributed by atoms with Gasteiger partial charge in [-0.05, 0) is 68.1 Å². The smallest absolute Gasteiger partial charge is 0.471 e. The number of carbonyl (C=O) groups is 3. The van der Waals surface area contributed by atoms with Gasteiger partial charge in [-0.3, -0.25) is 14.4 Å². The normalized spacial score (nSPS) is 17.4. The number of fused-ring (bicyclic) bond motifs is 2. The second-order valence-corrected chi connectivity index (χ2v) is 14.5. The van der Waals surface area contributed by atoms with E-state index in [0.29, 0.717) is 21.6 Å². The molecule has 0 spiro atoms. The molecule has 48 heavy (non-hydrogen) atoms. The molecule has 1 N–H and O–H groups in total. The van der Waals surface area contributed by atoms with E-state index in [1.54, 1.807) is 30.3 Å². The number of rotatable bonds is 9. The van der Waals surface area contributed by atoms with Gasteiger partial charge in [-0.25, -0.2) is 8.42 Å². The van der Waals surface area contributed by atoms with Gasteiger partial charge in [-0.2, -0.15) is 18.4 Å². The molecule has 0 radical (unpaired) electrons. The number of likely N-dealkylation sites (N-methyl/N-ethyl adjacent to an activating group) is 1. The monoisotopic (exact) mass is 751 g/mol. The number of carbonyl (C=O) groups excluding carboxylic acids is 3. The van der Waals surface area contributed by atoms with Gasteiger partial charge in [0.25, 0.3) is 5.91 Å². The molecule has 1 aliphatic rings. The Morgan fingerprint density at radius 3 is 2.42 bits per heavy atom. The number of hydrogen-bond donors (Lipinski definition) is 1. The Morgan fingerprint density at radius 2 is 1.83 bits per heavy atom. The number of halogens is 4. The van der Waals surface area contributed by atoms with Crippen molar-refractivity contribution in [3.05, 3.63) is 64.1 Å². The minimum atomic E-state index is -5.40. The van der Waals surface area contributed by atoms with Crippen LogP contribution in [0.5, 0.6) is 5.75 Å². The largest absolute Gasteiger partial charge is 0.496 e. The SMILES string of the molecule is CN[C@@H](C)CN(C(=O)C(F)(F)F)[C@@H]1C(=O)N(Cc2c(OC)ccc3c(Br)cccc23)c2ccc(C#N)cc2N(C(=O)CS(C)(=O)=O)[C@H]1C. The van der Waals surface area contributed by atoms with E-state index in [4.69, 9.17) is 4.74 Å². The molecular weight excluding hydrogens is 719 g/mol. The van der Waals surface area contributed by atoms with Crippen molar-refractivity contribution >= 4 is 65.6 Å². The lowest BCUT2D eigenvalue weighted by molar-refractivity contribution is -0.189. The third kappa shape index (κ3) is 7.43. The number of alkyl halides is 3. The van der Waals surface area contributed by atoms with Crippen molar-refractivity contribution in [2.45, 2.75) is 44.7 Å². The average Bonchev–Trinajstić information content (AvgIpc) is 3.09. The van der Waals surface area contributed by atoms with E-state index in [9.17, 15) is 41.2 Å². The van der Waals surface area contributed by atoms with Crippen molar-refractivity contribution in [3.63, 3.8) is 0 Å². The molecule has 0 bridgehead atoms. The summed E-state index contributed by atoms with van der Waals surface area (Å²) in [6, 6.07) is 10.5. The summed E-state index contributed by atoms with van der Waals surface area (Å²) in [4.78, 5) is 44.2. The zero-order chi connectivity index (χ0) is 35.7. The summed E-state index contributed by atoms with van der Waals surface area (Å²) in [6.07, 6.45) is -4.59. The Balaban J connectivity index is 2.08. The van der Waals surface area contributed by atoms with E-state index in [1.807, 2.05) is 6.07 Å². The molecule has 3 aromatic rings. The van der Waals surface area contributed by atoms with Gasteiger partial charge < -0.3 is 24.8 Å². The minimum Gasteiger partial charge on any atom is -0.496 e. The molecule has 0 saturated carbocycles. The van der Waals surface area contributed by atoms with Gasteiger partial charge >= 0.3 is 12.1 Å². The fourth-order valence-corrected chi connectivity index (χ4v) is 6.90. The van der Waals surface area contributed by atoms with Crippen molar-refractivity contribution in [3.8, 4) is 11.8 Å². The molecule has 0 aromatic heterocycles.